The lowest BCUT2D eigenvalue weighted by atomic mass is 10.2. The zero-order valence-electron chi connectivity index (χ0n) is 15.0. The number of benzene rings is 2. The first-order valence-corrected chi connectivity index (χ1v) is 8.40. The molecule has 2 aromatic rings. The molecular weight excluding hydrogens is 318 g/mol. The van der Waals surface area contributed by atoms with E-state index in [-0.39, 0.29) is 5.91 Å². The summed E-state index contributed by atoms with van der Waals surface area (Å²) in [6.45, 7) is 4.76. The molecule has 0 heterocycles. The topological polar surface area (TPSA) is 56.8 Å². The Hall–Kier alpha value is -2.69. The van der Waals surface area contributed by atoms with Gasteiger partial charge in [-0.15, -0.1) is 0 Å². The standard InChI is InChI=1S/C20H25NO4/c1-4-19(25-17-10-8-16(23-3)9-11-17)20(22)21-12-13-24-18-7-5-6-15(2)14-18/h5-11,14,19H,4,12-13H2,1-3H3,(H,21,22)/t19-/m1/s1. The molecule has 25 heavy (non-hydrogen) atoms. The first-order chi connectivity index (χ1) is 12.1. The predicted molar refractivity (Wildman–Crippen MR) is 97.4 cm³/mol. The van der Waals surface area contributed by atoms with Gasteiger partial charge in [-0.05, 0) is 55.3 Å². The van der Waals surface area contributed by atoms with Gasteiger partial charge < -0.3 is 19.5 Å². The quantitative estimate of drug-likeness (QED) is 0.710. The summed E-state index contributed by atoms with van der Waals surface area (Å²) < 4.78 is 16.5. The first-order valence-electron chi connectivity index (χ1n) is 8.40. The van der Waals surface area contributed by atoms with Crippen molar-refractivity contribution in [2.45, 2.75) is 26.4 Å². The van der Waals surface area contributed by atoms with Crippen LogP contribution in [0.1, 0.15) is 18.9 Å². The Kier molecular flexibility index (Phi) is 7.14. The molecule has 134 valence electrons. The maximum Gasteiger partial charge on any atom is 0.261 e. The fourth-order valence-corrected chi connectivity index (χ4v) is 2.30. The van der Waals surface area contributed by atoms with Gasteiger partial charge in [0, 0.05) is 0 Å². The van der Waals surface area contributed by atoms with Crippen LogP contribution in [0.15, 0.2) is 48.5 Å². The smallest absolute Gasteiger partial charge is 0.261 e. The van der Waals surface area contributed by atoms with Crippen LogP contribution >= 0.6 is 0 Å². The maximum absolute atomic E-state index is 12.3. The van der Waals surface area contributed by atoms with Crippen LogP contribution in [-0.2, 0) is 4.79 Å². The van der Waals surface area contributed by atoms with E-state index in [2.05, 4.69) is 5.32 Å². The van der Waals surface area contributed by atoms with Crippen LogP contribution in [0.4, 0.5) is 0 Å². The molecule has 0 fully saturated rings. The minimum Gasteiger partial charge on any atom is -0.497 e. The number of hydrogen-bond donors (Lipinski definition) is 1. The molecule has 0 radical (unpaired) electrons. The summed E-state index contributed by atoms with van der Waals surface area (Å²) in [7, 11) is 1.61. The fourth-order valence-electron chi connectivity index (χ4n) is 2.30. The molecule has 5 heteroatoms. The van der Waals surface area contributed by atoms with Gasteiger partial charge >= 0.3 is 0 Å². The van der Waals surface area contributed by atoms with Crippen molar-refractivity contribution in [2.75, 3.05) is 20.3 Å². The highest BCUT2D eigenvalue weighted by molar-refractivity contribution is 5.81. The number of aryl methyl sites for hydroxylation is 1. The number of carbonyl (C=O) groups is 1. The summed E-state index contributed by atoms with van der Waals surface area (Å²) >= 11 is 0. The van der Waals surface area contributed by atoms with Crippen molar-refractivity contribution in [3.63, 3.8) is 0 Å². The molecule has 0 bridgehead atoms. The molecular formula is C20H25NO4. The number of methoxy groups -OCH3 is 1. The van der Waals surface area contributed by atoms with E-state index in [4.69, 9.17) is 14.2 Å². The summed E-state index contributed by atoms with van der Waals surface area (Å²) in [4.78, 5) is 12.3. The molecule has 0 aliphatic rings. The predicted octanol–water partition coefficient (Wildman–Crippen LogP) is 3.36. The zero-order valence-corrected chi connectivity index (χ0v) is 15.0. The van der Waals surface area contributed by atoms with E-state index >= 15 is 0 Å². The van der Waals surface area contributed by atoms with Gasteiger partial charge in [-0.3, -0.25) is 4.79 Å². The Morgan fingerprint density at radius 1 is 1.08 bits per heavy atom. The maximum atomic E-state index is 12.3. The van der Waals surface area contributed by atoms with Gasteiger partial charge in [0.25, 0.3) is 5.91 Å². The molecule has 5 nitrogen and oxygen atoms in total. The lowest BCUT2D eigenvalue weighted by molar-refractivity contribution is -0.128. The normalized spacial score (nSPS) is 11.5. The largest absolute Gasteiger partial charge is 0.497 e. The summed E-state index contributed by atoms with van der Waals surface area (Å²) in [5.41, 5.74) is 1.14. The van der Waals surface area contributed by atoms with Crippen molar-refractivity contribution in [3.05, 3.63) is 54.1 Å². The number of nitrogens with one attached hydrogen (secondary N) is 1. The summed E-state index contributed by atoms with van der Waals surface area (Å²) in [5, 5.41) is 2.85. The molecule has 2 rings (SSSR count). The number of rotatable bonds is 9. The molecule has 0 aromatic heterocycles. The molecule has 1 N–H and O–H groups in total. The second-order valence-corrected chi connectivity index (χ2v) is 5.65. The van der Waals surface area contributed by atoms with Gasteiger partial charge in [-0.1, -0.05) is 19.1 Å². The summed E-state index contributed by atoms with van der Waals surface area (Å²) in [6.07, 6.45) is 0.0451. The second-order valence-electron chi connectivity index (χ2n) is 5.65. The number of ether oxygens (including phenoxy) is 3. The third-order valence-corrected chi connectivity index (χ3v) is 3.66. The minimum atomic E-state index is -0.535. The Morgan fingerprint density at radius 3 is 2.44 bits per heavy atom. The fraction of sp³-hybridized carbons (Fsp3) is 0.350. The highest BCUT2D eigenvalue weighted by Gasteiger charge is 2.17. The average molecular weight is 343 g/mol. The monoisotopic (exact) mass is 343 g/mol. The van der Waals surface area contributed by atoms with Crippen LogP contribution < -0.4 is 19.5 Å². The van der Waals surface area contributed by atoms with Crippen LogP contribution in [0.5, 0.6) is 17.2 Å². The Bertz CT molecular complexity index is 670. The van der Waals surface area contributed by atoms with Crippen LogP contribution in [0.3, 0.4) is 0 Å². The molecule has 0 aliphatic heterocycles. The SMILES string of the molecule is CC[C@@H](Oc1ccc(OC)cc1)C(=O)NCCOc1cccc(C)c1. The van der Waals surface area contributed by atoms with E-state index in [1.54, 1.807) is 31.4 Å². The van der Waals surface area contributed by atoms with Crippen LogP contribution in [0.25, 0.3) is 0 Å². The van der Waals surface area contributed by atoms with Crippen LogP contribution in [0.2, 0.25) is 0 Å². The van der Waals surface area contributed by atoms with E-state index in [1.165, 1.54) is 0 Å². The number of carbonyl (C=O) groups excluding carboxylic acids is 1. The molecule has 1 atom stereocenters. The van der Waals surface area contributed by atoms with Gasteiger partial charge in [0.15, 0.2) is 6.10 Å². The van der Waals surface area contributed by atoms with Gasteiger partial charge in [0.05, 0.1) is 13.7 Å². The summed E-state index contributed by atoms with van der Waals surface area (Å²) in [5.74, 6) is 2.04. The number of amides is 1. The molecule has 0 unspecified atom stereocenters. The Morgan fingerprint density at radius 2 is 1.80 bits per heavy atom. The molecule has 1 amide bonds. The first kappa shape index (κ1) is 18.6. The van der Waals surface area contributed by atoms with Crippen LogP contribution in [0, 0.1) is 6.92 Å². The number of hydrogen-bond acceptors (Lipinski definition) is 4. The van der Waals surface area contributed by atoms with Crippen LogP contribution in [-0.4, -0.2) is 32.3 Å². The highest BCUT2D eigenvalue weighted by atomic mass is 16.5. The zero-order chi connectivity index (χ0) is 18.1. The highest BCUT2D eigenvalue weighted by Crippen LogP contribution is 2.19. The van der Waals surface area contributed by atoms with Crippen molar-refractivity contribution in [3.8, 4) is 17.2 Å². The van der Waals surface area contributed by atoms with E-state index < -0.39 is 6.10 Å². The van der Waals surface area contributed by atoms with Crippen molar-refractivity contribution in [1.82, 2.24) is 5.32 Å². The molecule has 0 spiro atoms. The second kappa shape index (κ2) is 9.57. The third kappa shape index (κ3) is 6.03. The van der Waals surface area contributed by atoms with Crippen molar-refractivity contribution in [2.24, 2.45) is 0 Å². The van der Waals surface area contributed by atoms with Crippen molar-refractivity contribution >= 4 is 5.91 Å². The molecule has 2 aromatic carbocycles. The van der Waals surface area contributed by atoms with Gasteiger partial charge in [-0.25, -0.2) is 0 Å². The molecule has 0 aliphatic carbocycles. The van der Waals surface area contributed by atoms with E-state index in [0.717, 1.165) is 17.1 Å². The average Bonchev–Trinajstić information content (AvgIpc) is 2.63. The Labute approximate surface area is 148 Å². The summed E-state index contributed by atoms with van der Waals surface area (Å²) in [6, 6.07) is 15.0. The van der Waals surface area contributed by atoms with Crippen molar-refractivity contribution in [1.29, 1.82) is 0 Å². The molecule has 0 saturated heterocycles. The Balaban J connectivity index is 1.77. The minimum absolute atomic E-state index is 0.147. The van der Waals surface area contributed by atoms with Gasteiger partial charge in [-0.2, -0.15) is 0 Å². The van der Waals surface area contributed by atoms with E-state index in [1.807, 2.05) is 38.1 Å². The lowest BCUT2D eigenvalue weighted by Gasteiger charge is -2.17. The van der Waals surface area contributed by atoms with E-state index in [0.29, 0.717) is 25.3 Å². The lowest BCUT2D eigenvalue weighted by Crippen LogP contribution is -2.39. The molecule has 0 saturated carbocycles. The third-order valence-electron chi connectivity index (χ3n) is 3.66. The van der Waals surface area contributed by atoms with E-state index in [9.17, 15) is 4.79 Å². The van der Waals surface area contributed by atoms with Crippen molar-refractivity contribution < 1.29 is 19.0 Å². The van der Waals surface area contributed by atoms with Gasteiger partial charge in [0.2, 0.25) is 0 Å². The van der Waals surface area contributed by atoms with Gasteiger partial charge in [0.1, 0.15) is 23.9 Å².